The van der Waals surface area contributed by atoms with Crippen molar-refractivity contribution in [1.82, 2.24) is 10.6 Å². The van der Waals surface area contributed by atoms with Gasteiger partial charge in [-0.05, 0) is 42.8 Å². The topological polar surface area (TPSA) is 99.8 Å². The number of benzene rings is 1. The molecule has 196 valence electrons. The Morgan fingerprint density at radius 1 is 1.19 bits per heavy atom. The van der Waals surface area contributed by atoms with Gasteiger partial charge in [0.1, 0.15) is 12.6 Å². The van der Waals surface area contributed by atoms with E-state index < -0.39 is 41.2 Å². The third kappa shape index (κ3) is 7.42. The molecule has 13 heteroatoms. The Morgan fingerprint density at radius 2 is 1.94 bits per heavy atom. The molecule has 0 radical (unpaired) electrons. The zero-order chi connectivity index (χ0) is 26.5. The first kappa shape index (κ1) is 27.9. The van der Waals surface area contributed by atoms with Crippen LogP contribution >= 0.6 is 22.9 Å². The van der Waals surface area contributed by atoms with E-state index in [4.69, 9.17) is 16.3 Å². The maximum Gasteiger partial charge on any atom is 0.418 e. The minimum atomic E-state index is -4.79. The molecule has 1 saturated heterocycles. The zero-order valence-corrected chi connectivity index (χ0v) is 21.1. The van der Waals surface area contributed by atoms with E-state index >= 15 is 0 Å². The standard InChI is InChI=1S/C23H26ClF3N4O4S/c1-13(2)10-28-17(11-29-22(34)18-5-6-19(24)36-18)21(33)30-16-4-3-14(9-15(16)23(25,26)27)31-7-8-35-12-20(31)32/h3-6,9,13,17,28H,7-8,10-12H2,1-2H3,(H,29,34)(H,30,33)/t17-/m0/s1. The highest BCUT2D eigenvalue weighted by Crippen LogP contribution is 2.37. The van der Waals surface area contributed by atoms with Gasteiger partial charge in [-0.1, -0.05) is 25.4 Å². The third-order valence-electron chi connectivity index (χ3n) is 5.22. The quantitative estimate of drug-likeness (QED) is 0.445. The van der Waals surface area contributed by atoms with Gasteiger partial charge < -0.3 is 25.6 Å². The number of ether oxygens (including phenoxy) is 1. The largest absolute Gasteiger partial charge is 0.418 e. The summed E-state index contributed by atoms with van der Waals surface area (Å²) in [6, 6.07) is 5.38. The molecular formula is C23H26ClF3N4O4S. The van der Waals surface area contributed by atoms with E-state index in [9.17, 15) is 27.6 Å². The van der Waals surface area contributed by atoms with Crippen molar-refractivity contribution < 1.29 is 32.3 Å². The van der Waals surface area contributed by atoms with Crippen molar-refractivity contribution in [2.24, 2.45) is 5.92 Å². The Labute approximate surface area is 215 Å². The SMILES string of the molecule is CC(C)CN[C@@H](CNC(=O)c1ccc(Cl)s1)C(=O)Nc1ccc(N2CCOCC2=O)cc1C(F)(F)F. The summed E-state index contributed by atoms with van der Waals surface area (Å²) in [4.78, 5) is 39.0. The predicted molar refractivity (Wildman–Crippen MR) is 132 cm³/mol. The molecule has 0 spiro atoms. The lowest BCUT2D eigenvalue weighted by atomic mass is 10.1. The molecule has 0 aliphatic carbocycles. The second kappa shape index (κ2) is 12.0. The molecule has 3 amide bonds. The minimum Gasteiger partial charge on any atom is -0.370 e. The van der Waals surface area contributed by atoms with Crippen LogP contribution in [0, 0.1) is 5.92 Å². The number of halogens is 4. The highest BCUT2D eigenvalue weighted by molar-refractivity contribution is 7.18. The lowest BCUT2D eigenvalue weighted by Crippen LogP contribution is -2.49. The van der Waals surface area contributed by atoms with Crippen molar-refractivity contribution >= 4 is 52.0 Å². The first-order valence-corrected chi connectivity index (χ1v) is 12.3. The average Bonchev–Trinajstić information content (AvgIpc) is 3.25. The van der Waals surface area contributed by atoms with Gasteiger partial charge in [0.25, 0.3) is 11.8 Å². The first-order chi connectivity index (χ1) is 17.0. The summed E-state index contributed by atoms with van der Waals surface area (Å²) in [5, 5.41) is 7.93. The maximum absolute atomic E-state index is 13.9. The van der Waals surface area contributed by atoms with Crippen molar-refractivity contribution in [3.05, 3.63) is 45.1 Å². The van der Waals surface area contributed by atoms with Crippen LogP contribution in [0.5, 0.6) is 0 Å². The molecule has 8 nitrogen and oxygen atoms in total. The summed E-state index contributed by atoms with van der Waals surface area (Å²) < 4.78 is 47.1. The van der Waals surface area contributed by atoms with Crippen molar-refractivity contribution in [3.8, 4) is 0 Å². The third-order valence-corrected chi connectivity index (χ3v) is 6.45. The second-order valence-corrected chi connectivity index (χ2v) is 10.2. The van der Waals surface area contributed by atoms with Crippen LogP contribution in [0.25, 0.3) is 0 Å². The molecule has 1 aromatic heterocycles. The molecule has 36 heavy (non-hydrogen) atoms. The lowest BCUT2D eigenvalue weighted by molar-refractivity contribution is -0.137. The number of thiophene rings is 1. The summed E-state index contributed by atoms with van der Waals surface area (Å²) in [6.07, 6.45) is -4.79. The Bertz CT molecular complexity index is 1110. The highest BCUT2D eigenvalue weighted by atomic mass is 35.5. The number of nitrogens with zero attached hydrogens (tertiary/aromatic N) is 1. The van der Waals surface area contributed by atoms with Crippen LogP contribution < -0.4 is 20.9 Å². The Balaban J connectivity index is 1.78. The van der Waals surface area contributed by atoms with Crippen LogP contribution in [0.15, 0.2) is 30.3 Å². The Morgan fingerprint density at radius 3 is 2.56 bits per heavy atom. The van der Waals surface area contributed by atoms with Crippen LogP contribution in [-0.2, 0) is 20.5 Å². The Kier molecular flexibility index (Phi) is 9.34. The Hall–Kier alpha value is -2.67. The van der Waals surface area contributed by atoms with Crippen LogP contribution in [0.4, 0.5) is 24.5 Å². The van der Waals surface area contributed by atoms with Gasteiger partial charge in [-0.3, -0.25) is 14.4 Å². The number of morpholine rings is 1. The molecule has 0 saturated carbocycles. The fourth-order valence-electron chi connectivity index (χ4n) is 3.41. The monoisotopic (exact) mass is 546 g/mol. The highest BCUT2D eigenvalue weighted by Gasteiger charge is 2.36. The average molecular weight is 547 g/mol. The van der Waals surface area contributed by atoms with Gasteiger partial charge in [0.2, 0.25) is 5.91 Å². The molecule has 1 aliphatic rings. The van der Waals surface area contributed by atoms with Gasteiger partial charge in [0.05, 0.1) is 27.1 Å². The number of nitrogens with one attached hydrogen (secondary N) is 3. The molecule has 0 unspecified atom stereocenters. The van der Waals surface area contributed by atoms with E-state index in [1.807, 2.05) is 13.8 Å². The molecule has 2 aromatic rings. The number of hydrogen-bond donors (Lipinski definition) is 3. The van der Waals surface area contributed by atoms with Crippen molar-refractivity contribution in [3.63, 3.8) is 0 Å². The maximum atomic E-state index is 13.9. The molecule has 1 aliphatic heterocycles. The molecule has 3 N–H and O–H groups in total. The van der Waals surface area contributed by atoms with Crippen LogP contribution in [-0.4, -0.2) is 56.6 Å². The fourth-order valence-corrected chi connectivity index (χ4v) is 4.37. The summed E-state index contributed by atoms with van der Waals surface area (Å²) in [5.74, 6) is -1.51. The van der Waals surface area contributed by atoms with E-state index in [0.717, 1.165) is 23.5 Å². The number of carbonyl (C=O) groups excluding carboxylic acids is 3. The number of anilines is 2. The minimum absolute atomic E-state index is 0.0602. The predicted octanol–water partition coefficient (Wildman–Crippen LogP) is 3.77. The number of rotatable bonds is 9. The normalized spacial score (nSPS) is 15.2. The molecule has 1 fully saturated rings. The van der Waals surface area contributed by atoms with Gasteiger partial charge in [-0.15, -0.1) is 11.3 Å². The van der Waals surface area contributed by atoms with E-state index in [1.165, 1.54) is 17.0 Å². The van der Waals surface area contributed by atoms with Gasteiger partial charge in [-0.25, -0.2) is 0 Å². The van der Waals surface area contributed by atoms with E-state index in [1.54, 1.807) is 6.07 Å². The number of hydrogen-bond acceptors (Lipinski definition) is 6. The van der Waals surface area contributed by atoms with Gasteiger partial charge in [-0.2, -0.15) is 13.2 Å². The first-order valence-electron chi connectivity index (χ1n) is 11.1. The van der Waals surface area contributed by atoms with Crippen molar-refractivity contribution in [2.75, 3.05) is 43.1 Å². The van der Waals surface area contributed by atoms with Gasteiger partial charge >= 0.3 is 6.18 Å². The molecule has 1 aromatic carbocycles. The lowest BCUT2D eigenvalue weighted by Gasteiger charge is -2.28. The number of carbonyl (C=O) groups is 3. The van der Waals surface area contributed by atoms with Crippen LogP contribution in [0.2, 0.25) is 4.34 Å². The summed E-state index contributed by atoms with van der Waals surface area (Å²) >= 11 is 6.92. The molecular weight excluding hydrogens is 521 g/mol. The van der Waals surface area contributed by atoms with E-state index in [-0.39, 0.29) is 37.9 Å². The zero-order valence-electron chi connectivity index (χ0n) is 19.6. The summed E-state index contributed by atoms with van der Waals surface area (Å²) in [6.45, 7) is 4.16. The molecule has 3 rings (SSSR count). The smallest absolute Gasteiger partial charge is 0.370 e. The summed E-state index contributed by atoms with van der Waals surface area (Å²) in [7, 11) is 0. The fraction of sp³-hybridized carbons (Fsp3) is 0.435. The molecule has 0 bridgehead atoms. The van der Waals surface area contributed by atoms with Crippen LogP contribution in [0.3, 0.4) is 0 Å². The molecule has 1 atom stereocenters. The molecule has 2 heterocycles. The van der Waals surface area contributed by atoms with Gasteiger partial charge in [0.15, 0.2) is 0 Å². The van der Waals surface area contributed by atoms with Crippen LogP contribution in [0.1, 0.15) is 29.1 Å². The summed E-state index contributed by atoms with van der Waals surface area (Å²) in [5.41, 5.74) is -1.48. The number of alkyl halides is 3. The van der Waals surface area contributed by atoms with E-state index in [0.29, 0.717) is 15.8 Å². The second-order valence-electron chi connectivity index (χ2n) is 8.48. The van der Waals surface area contributed by atoms with Gasteiger partial charge in [0, 0.05) is 18.8 Å². The number of amides is 3. The van der Waals surface area contributed by atoms with E-state index in [2.05, 4.69) is 16.0 Å². The van der Waals surface area contributed by atoms with Crippen molar-refractivity contribution in [2.45, 2.75) is 26.1 Å². The van der Waals surface area contributed by atoms with Crippen molar-refractivity contribution in [1.29, 1.82) is 0 Å².